The summed E-state index contributed by atoms with van der Waals surface area (Å²) in [4.78, 5) is 11.4. The van der Waals surface area contributed by atoms with Gasteiger partial charge in [0.25, 0.3) is 0 Å². The van der Waals surface area contributed by atoms with Crippen molar-refractivity contribution in [3.05, 3.63) is 53.4 Å². The first-order chi connectivity index (χ1) is 8.24. The predicted molar refractivity (Wildman–Crippen MR) is 63.0 cm³/mol. The molecule has 0 radical (unpaired) electrons. The lowest BCUT2D eigenvalue weighted by atomic mass is 10.3. The Bertz CT molecular complexity index is 495. The van der Waals surface area contributed by atoms with Gasteiger partial charge < -0.3 is 14.5 Å². The van der Waals surface area contributed by atoms with Crippen LogP contribution >= 0.6 is 11.6 Å². The molecule has 0 aliphatic carbocycles. The van der Waals surface area contributed by atoms with Crippen molar-refractivity contribution < 1.29 is 13.9 Å². The largest absolute Gasteiger partial charge is 0.448 e. The third-order valence-corrected chi connectivity index (χ3v) is 2.19. The van der Waals surface area contributed by atoms with Crippen molar-refractivity contribution in [2.75, 3.05) is 0 Å². The molecule has 4 nitrogen and oxygen atoms in total. The normalized spacial score (nSPS) is 9.94. The molecule has 1 heterocycles. The van der Waals surface area contributed by atoms with Crippen LogP contribution in [0.3, 0.4) is 0 Å². The second-order valence-electron chi connectivity index (χ2n) is 3.26. The van der Waals surface area contributed by atoms with E-state index in [0.717, 1.165) is 0 Å². The molecular weight excluding hydrogens is 242 g/mol. The molecule has 17 heavy (non-hydrogen) atoms. The Kier molecular flexibility index (Phi) is 3.67. The molecule has 1 N–H and O–H groups in total. The molecule has 0 aliphatic rings. The Morgan fingerprint density at radius 3 is 2.65 bits per heavy atom. The van der Waals surface area contributed by atoms with Gasteiger partial charge >= 0.3 is 6.09 Å². The highest BCUT2D eigenvalue weighted by atomic mass is 35.5. The van der Waals surface area contributed by atoms with Crippen LogP contribution in [0.25, 0.3) is 0 Å². The van der Waals surface area contributed by atoms with Crippen LogP contribution < -0.4 is 10.1 Å². The van der Waals surface area contributed by atoms with Gasteiger partial charge in [0.2, 0.25) is 0 Å². The fraction of sp³-hybridized carbons (Fsp3) is 0.0833. The monoisotopic (exact) mass is 251 g/mol. The fourth-order valence-corrected chi connectivity index (χ4v) is 1.40. The number of halogens is 1. The Morgan fingerprint density at radius 2 is 2.00 bits per heavy atom. The van der Waals surface area contributed by atoms with Gasteiger partial charge in [0.05, 0.1) is 6.54 Å². The Morgan fingerprint density at radius 1 is 1.24 bits per heavy atom. The first-order valence-electron chi connectivity index (χ1n) is 4.99. The number of rotatable bonds is 3. The summed E-state index contributed by atoms with van der Waals surface area (Å²) in [6.07, 6.45) is -0.538. The van der Waals surface area contributed by atoms with Crippen molar-refractivity contribution >= 4 is 17.7 Å². The molecule has 0 fully saturated rings. The molecule has 1 aromatic carbocycles. The van der Waals surface area contributed by atoms with Crippen LogP contribution in [0.1, 0.15) is 5.76 Å². The molecule has 0 bridgehead atoms. The minimum absolute atomic E-state index is 0.235. The van der Waals surface area contributed by atoms with Gasteiger partial charge in [-0.05, 0) is 35.9 Å². The minimum Gasteiger partial charge on any atom is -0.448 e. The Hall–Kier alpha value is -1.94. The van der Waals surface area contributed by atoms with Crippen molar-refractivity contribution in [1.29, 1.82) is 0 Å². The zero-order chi connectivity index (χ0) is 12.1. The van der Waals surface area contributed by atoms with Crippen molar-refractivity contribution in [2.24, 2.45) is 0 Å². The van der Waals surface area contributed by atoms with E-state index in [1.807, 2.05) is 6.07 Å². The molecule has 2 aromatic rings. The van der Waals surface area contributed by atoms with Crippen LogP contribution in [-0.2, 0) is 6.54 Å². The SMILES string of the molecule is O=C(NCc1ccc(Cl)o1)Oc1ccccc1. The van der Waals surface area contributed by atoms with Gasteiger partial charge in [-0.2, -0.15) is 0 Å². The number of benzene rings is 1. The quantitative estimate of drug-likeness (QED) is 0.911. The van der Waals surface area contributed by atoms with E-state index >= 15 is 0 Å². The van der Waals surface area contributed by atoms with E-state index in [9.17, 15) is 4.79 Å². The van der Waals surface area contributed by atoms with E-state index in [4.69, 9.17) is 20.8 Å². The zero-order valence-corrected chi connectivity index (χ0v) is 9.61. The molecular formula is C12H10ClNO3. The Labute approximate surface area is 103 Å². The standard InChI is InChI=1S/C12H10ClNO3/c13-11-7-6-10(16-11)8-14-12(15)17-9-4-2-1-3-5-9/h1-7H,8H2,(H,14,15). The molecule has 0 atom stereocenters. The number of ether oxygens (including phenoxy) is 1. The van der Waals surface area contributed by atoms with E-state index in [1.54, 1.807) is 36.4 Å². The van der Waals surface area contributed by atoms with Gasteiger partial charge in [-0.25, -0.2) is 4.79 Å². The first-order valence-corrected chi connectivity index (χ1v) is 5.37. The van der Waals surface area contributed by atoms with Crippen molar-refractivity contribution in [3.63, 3.8) is 0 Å². The molecule has 0 saturated heterocycles. The maximum atomic E-state index is 11.4. The highest BCUT2D eigenvalue weighted by molar-refractivity contribution is 6.28. The van der Waals surface area contributed by atoms with E-state index in [2.05, 4.69) is 5.32 Å². The maximum Gasteiger partial charge on any atom is 0.412 e. The van der Waals surface area contributed by atoms with E-state index in [-0.39, 0.29) is 6.54 Å². The number of nitrogens with one attached hydrogen (secondary N) is 1. The molecule has 0 unspecified atom stereocenters. The van der Waals surface area contributed by atoms with E-state index < -0.39 is 6.09 Å². The zero-order valence-electron chi connectivity index (χ0n) is 8.85. The van der Waals surface area contributed by atoms with Crippen LogP contribution in [0.2, 0.25) is 5.22 Å². The van der Waals surface area contributed by atoms with Gasteiger partial charge in [-0.1, -0.05) is 18.2 Å². The highest BCUT2D eigenvalue weighted by Crippen LogP contribution is 2.13. The summed E-state index contributed by atoms with van der Waals surface area (Å²) in [5, 5.41) is 2.84. The van der Waals surface area contributed by atoms with Crippen molar-refractivity contribution in [2.45, 2.75) is 6.54 Å². The lowest BCUT2D eigenvalue weighted by Gasteiger charge is -2.04. The molecule has 1 aromatic heterocycles. The number of hydrogen-bond donors (Lipinski definition) is 1. The smallest absolute Gasteiger partial charge is 0.412 e. The summed E-state index contributed by atoms with van der Waals surface area (Å²) >= 11 is 5.59. The molecule has 2 rings (SSSR count). The van der Waals surface area contributed by atoms with Gasteiger partial charge in [-0.15, -0.1) is 0 Å². The first kappa shape index (κ1) is 11.5. The van der Waals surface area contributed by atoms with Crippen LogP contribution in [0, 0.1) is 0 Å². The van der Waals surface area contributed by atoms with Crippen molar-refractivity contribution in [1.82, 2.24) is 5.32 Å². The second kappa shape index (κ2) is 5.41. The van der Waals surface area contributed by atoms with Crippen LogP contribution in [-0.4, -0.2) is 6.09 Å². The number of carbonyl (C=O) groups is 1. The molecule has 5 heteroatoms. The maximum absolute atomic E-state index is 11.4. The summed E-state index contributed by atoms with van der Waals surface area (Å²) < 4.78 is 10.1. The number of furan rings is 1. The number of carbonyl (C=O) groups excluding carboxylic acids is 1. The summed E-state index contributed by atoms with van der Waals surface area (Å²) in [6, 6.07) is 12.1. The fourth-order valence-electron chi connectivity index (χ4n) is 1.24. The third-order valence-electron chi connectivity index (χ3n) is 1.99. The van der Waals surface area contributed by atoms with Crippen LogP contribution in [0.4, 0.5) is 4.79 Å². The molecule has 0 aliphatic heterocycles. The van der Waals surface area contributed by atoms with E-state index in [0.29, 0.717) is 16.7 Å². The van der Waals surface area contributed by atoms with Crippen LogP contribution in [0.15, 0.2) is 46.9 Å². The number of hydrogen-bond acceptors (Lipinski definition) is 3. The summed E-state index contributed by atoms with van der Waals surface area (Å²) in [5.74, 6) is 1.06. The lowest BCUT2D eigenvalue weighted by Crippen LogP contribution is -2.25. The predicted octanol–water partition coefficient (Wildman–Crippen LogP) is 3.22. The van der Waals surface area contributed by atoms with Crippen molar-refractivity contribution in [3.8, 4) is 5.75 Å². The number of amides is 1. The second-order valence-corrected chi connectivity index (χ2v) is 3.63. The van der Waals surface area contributed by atoms with Gasteiger partial charge in [0.1, 0.15) is 11.5 Å². The Balaban J connectivity index is 1.82. The average Bonchev–Trinajstić information content (AvgIpc) is 2.74. The number of para-hydroxylation sites is 1. The summed E-state index contributed by atoms with van der Waals surface area (Å²) in [5.41, 5.74) is 0. The van der Waals surface area contributed by atoms with Gasteiger partial charge in [-0.3, -0.25) is 0 Å². The van der Waals surface area contributed by atoms with E-state index in [1.165, 1.54) is 0 Å². The average molecular weight is 252 g/mol. The van der Waals surface area contributed by atoms with Gasteiger partial charge in [0, 0.05) is 0 Å². The summed E-state index contributed by atoms with van der Waals surface area (Å²) in [7, 11) is 0. The molecule has 88 valence electrons. The van der Waals surface area contributed by atoms with Crippen LogP contribution in [0.5, 0.6) is 5.75 Å². The third kappa shape index (κ3) is 3.53. The molecule has 0 spiro atoms. The van der Waals surface area contributed by atoms with Gasteiger partial charge in [0.15, 0.2) is 5.22 Å². The molecule has 0 saturated carbocycles. The minimum atomic E-state index is -0.538. The highest BCUT2D eigenvalue weighted by Gasteiger charge is 2.05. The topological polar surface area (TPSA) is 51.5 Å². The summed E-state index contributed by atoms with van der Waals surface area (Å²) in [6.45, 7) is 0.235. The lowest BCUT2D eigenvalue weighted by molar-refractivity contribution is 0.199. The molecule has 1 amide bonds.